The van der Waals surface area contributed by atoms with Crippen molar-refractivity contribution in [1.82, 2.24) is 10.2 Å². The Bertz CT molecular complexity index is 409. The lowest BCUT2D eigenvalue weighted by Crippen LogP contribution is -2.25. The third-order valence-corrected chi connectivity index (χ3v) is 4.63. The van der Waals surface area contributed by atoms with Crippen molar-refractivity contribution in [3.8, 4) is 0 Å². The molecule has 1 aromatic carbocycles. The summed E-state index contributed by atoms with van der Waals surface area (Å²) in [6.45, 7) is 5.68. The van der Waals surface area contributed by atoms with Crippen molar-refractivity contribution < 1.29 is 0 Å². The van der Waals surface area contributed by atoms with Crippen LogP contribution in [-0.2, 0) is 6.54 Å². The average Bonchev–Trinajstić information content (AvgIpc) is 2.84. The smallest absolute Gasteiger partial charge is 0.0409 e. The molecule has 4 atom stereocenters. The van der Waals surface area contributed by atoms with E-state index >= 15 is 0 Å². The molecule has 3 rings (SSSR count). The minimum Gasteiger partial charge on any atom is -0.311 e. The number of benzene rings is 1. The Balaban J connectivity index is 1.40. The minimum absolute atomic E-state index is 0.798. The second kappa shape index (κ2) is 5.20. The molecule has 1 N–H and O–H groups in total. The van der Waals surface area contributed by atoms with E-state index in [1.807, 2.05) is 18.2 Å². The lowest BCUT2D eigenvalue weighted by molar-refractivity contribution is 0.419. The fraction of sp³-hybridized carbons (Fsp3) is 0.600. The maximum atomic E-state index is 5.97. The van der Waals surface area contributed by atoms with Crippen molar-refractivity contribution in [2.24, 2.45) is 5.92 Å². The summed E-state index contributed by atoms with van der Waals surface area (Å²) in [5.74, 6) is 0.958. The molecule has 0 aliphatic carbocycles. The van der Waals surface area contributed by atoms with Gasteiger partial charge in [0.05, 0.1) is 0 Å². The highest BCUT2D eigenvalue weighted by Gasteiger charge is 2.52. The number of rotatable bonds is 5. The predicted molar refractivity (Wildman–Crippen MR) is 75.8 cm³/mol. The van der Waals surface area contributed by atoms with Gasteiger partial charge in [-0.15, -0.1) is 0 Å². The van der Waals surface area contributed by atoms with E-state index in [1.54, 1.807) is 0 Å². The molecule has 2 nitrogen and oxygen atoms in total. The van der Waals surface area contributed by atoms with Crippen LogP contribution in [0.5, 0.6) is 0 Å². The van der Waals surface area contributed by atoms with Crippen molar-refractivity contribution in [2.45, 2.75) is 38.4 Å². The molecule has 2 fully saturated rings. The Hall–Kier alpha value is -0.570. The van der Waals surface area contributed by atoms with Gasteiger partial charge in [0.2, 0.25) is 0 Å². The van der Waals surface area contributed by atoms with Crippen LogP contribution >= 0.6 is 11.6 Å². The van der Waals surface area contributed by atoms with Crippen molar-refractivity contribution in [1.29, 1.82) is 0 Å². The highest BCUT2D eigenvalue weighted by molar-refractivity contribution is 6.30. The first-order valence-corrected chi connectivity index (χ1v) is 7.36. The first-order chi connectivity index (χ1) is 8.78. The number of hydrogen-bond acceptors (Lipinski definition) is 2. The number of piperidine rings is 1. The Morgan fingerprint density at radius 2 is 2.33 bits per heavy atom. The molecule has 2 aliphatic heterocycles. The van der Waals surface area contributed by atoms with Crippen LogP contribution in [0.2, 0.25) is 5.02 Å². The third-order valence-electron chi connectivity index (χ3n) is 4.40. The van der Waals surface area contributed by atoms with Gasteiger partial charge >= 0.3 is 0 Å². The zero-order chi connectivity index (χ0) is 12.5. The molecule has 0 saturated carbocycles. The van der Waals surface area contributed by atoms with Gasteiger partial charge < -0.3 is 5.32 Å². The molecule has 18 heavy (non-hydrogen) atoms. The van der Waals surface area contributed by atoms with E-state index in [2.05, 4.69) is 23.2 Å². The zero-order valence-electron chi connectivity index (χ0n) is 10.9. The van der Waals surface area contributed by atoms with Crippen molar-refractivity contribution in [3.05, 3.63) is 34.9 Å². The molecule has 2 aliphatic rings. The van der Waals surface area contributed by atoms with Gasteiger partial charge in [-0.1, -0.05) is 37.1 Å². The molecule has 0 radical (unpaired) electrons. The highest BCUT2D eigenvalue weighted by atomic mass is 35.5. The monoisotopic (exact) mass is 264 g/mol. The van der Waals surface area contributed by atoms with Crippen LogP contribution in [0.1, 0.15) is 25.3 Å². The topological polar surface area (TPSA) is 15.0 Å². The number of hydrogen-bond donors (Lipinski definition) is 1. The molecule has 2 saturated heterocycles. The highest BCUT2D eigenvalue weighted by Crippen LogP contribution is 2.41. The van der Waals surface area contributed by atoms with Gasteiger partial charge in [-0.3, -0.25) is 4.90 Å². The maximum absolute atomic E-state index is 5.97. The van der Waals surface area contributed by atoms with E-state index in [0.717, 1.165) is 36.1 Å². The summed E-state index contributed by atoms with van der Waals surface area (Å²) in [5.41, 5.74) is 1.27. The molecule has 4 unspecified atom stereocenters. The van der Waals surface area contributed by atoms with E-state index in [1.165, 1.54) is 24.9 Å². The first kappa shape index (κ1) is 12.5. The number of nitrogens with zero attached hydrogens (tertiary/aromatic N) is 1. The summed E-state index contributed by atoms with van der Waals surface area (Å²) in [4.78, 5) is 2.65. The molecule has 0 amide bonds. The van der Waals surface area contributed by atoms with Crippen molar-refractivity contribution in [2.75, 3.05) is 13.1 Å². The van der Waals surface area contributed by atoms with Gasteiger partial charge in [-0.05, 0) is 30.0 Å². The summed E-state index contributed by atoms with van der Waals surface area (Å²) in [7, 11) is 0. The van der Waals surface area contributed by atoms with Crippen LogP contribution < -0.4 is 5.32 Å². The van der Waals surface area contributed by atoms with Crippen molar-refractivity contribution >= 4 is 11.6 Å². The van der Waals surface area contributed by atoms with Gasteiger partial charge in [0.1, 0.15) is 0 Å². The van der Waals surface area contributed by atoms with E-state index < -0.39 is 0 Å². The standard InChI is InChI=1S/C15H21ClN2/c1-2-11-7-14-15(18(14)10-11)9-17-8-12-4-3-5-13(16)6-12/h3-6,11,14-15,17H,2,7-10H2,1H3. The maximum Gasteiger partial charge on any atom is 0.0409 e. The second-order valence-electron chi connectivity index (χ2n) is 5.60. The molecule has 98 valence electrons. The molecule has 0 bridgehead atoms. The fourth-order valence-corrected chi connectivity index (χ4v) is 3.44. The van der Waals surface area contributed by atoms with Crippen molar-refractivity contribution in [3.63, 3.8) is 0 Å². The van der Waals surface area contributed by atoms with Crippen LogP contribution in [0, 0.1) is 5.92 Å². The van der Waals surface area contributed by atoms with Gasteiger partial charge in [0, 0.05) is 36.7 Å². The van der Waals surface area contributed by atoms with E-state index in [-0.39, 0.29) is 0 Å². The molecule has 0 aromatic heterocycles. The lowest BCUT2D eigenvalue weighted by Gasteiger charge is -2.11. The van der Waals surface area contributed by atoms with Crippen LogP contribution in [0.4, 0.5) is 0 Å². The first-order valence-electron chi connectivity index (χ1n) is 6.99. The van der Waals surface area contributed by atoms with Gasteiger partial charge in [0.25, 0.3) is 0 Å². The Kier molecular flexibility index (Phi) is 3.60. The van der Waals surface area contributed by atoms with Crippen LogP contribution in [-0.4, -0.2) is 30.1 Å². The SMILES string of the molecule is CCC1CC2C(CNCc3cccc(Cl)c3)N2C1. The van der Waals surface area contributed by atoms with Gasteiger partial charge in [0.15, 0.2) is 0 Å². The van der Waals surface area contributed by atoms with Crippen LogP contribution in [0.25, 0.3) is 0 Å². The normalized spacial score (nSPS) is 33.4. The average molecular weight is 265 g/mol. The van der Waals surface area contributed by atoms with E-state index in [0.29, 0.717) is 0 Å². The lowest BCUT2D eigenvalue weighted by atomic mass is 10.0. The second-order valence-corrected chi connectivity index (χ2v) is 6.04. The summed E-state index contributed by atoms with van der Waals surface area (Å²) < 4.78 is 0. The zero-order valence-corrected chi connectivity index (χ0v) is 11.7. The minimum atomic E-state index is 0.798. The number of fused-ring (bicyclic) bond motifs is 1. The summed E-state index contributed by atoms with van der Waals surface area (Å²) >= 11 is 5.97. The molecular weight excluding hydrogens is 244 g/mol. The molecular formula is C15H21ClN2. The molecule has 3 heteroatoms. The van der Waals surface area contributed by atoms with E-state index in [9.17, 15) is 0 Å². The predicted octanol–water partition coefficient (Wildman–Crippen LogP) is 2.91. The fourth-order valence-electron chi connectivity index (χ4n) is 3.23. The summed E-state index contributed by atoms with van der Waals surface area (Å²) in [6.07, 6.45) is 2.76. The quantitative estimate of drug-likeness (QED) is 0.823. The number of nitrogens with one attached hydrogen (secondary N) is 1. The Morgan fingerprint density at radius 1 is 1.44 bits per heavy atom. The van der Waals surface area contributed by atoms with Gasteiger partial charge in [-0.25, -0.2) is 0 Å². The number of halogens is 1. The van der Waals surface area contributed by atoms with Gasteiger partial charge in [-0.2, -0.15) is 0 Å². The molecule has 0 spiro atoms. The Morgan fingerprint density at radius 3 is 3.00 bits per heavy atom. The third kappa shape index (κ3) is 2.56. The van der Waals surface area contributed by atoms with Crippen LogP contribution in [0.3, 0.4) is 0 Å². The van der Waals surface area contributed by atoms with Crippen LogP contribution in [0.15, 0.2) is 24.3 Å². The summed E-state index contributed by atoms with van der Waals surface area (Å²) in [5, 5.41) is 4.38. The summed E-state index contributed by atoms with van der Waals surface area (Å²) in [6, 6.07) is 9.78. The largest absolute Gasteiger partial charge is 0.311 e. The Labute approximate surface area is 114 Å². The molecule has 2 heterocycles. The molecule has 1 aromatic rings. The van der Waals surface area contributed by atoms with E-state index in [4.69, 9.17) is 11.6 Å².